The summed E-state index contributed by atoms with van der Waals surface area (Å²) in [5.74, 6) is 0.139. The number of phosphoric ester groups is 1. The first-order valence-corrected chi connectivity index (χ1v) is 21.1. The Morgan fingerprint density at radius 2 is 1.18 bits per heavy atom. The van der Waals surface area contributed by atoms with E-state index in [2.05, 4.69) is 22.2 Å². The predicted molar refractivity (Wildman–Crippen MR) is 201 cm³/mol. The Balaban J connectivity index is 1.27. The first-order chi connectivity index (χ1) is 26.2. The number of aromatic nitrogens is 4. The Bertz CT molecular complexity index is 1640. The molecule has 312 valence electrons. The smallest absolute Gasteiger partial charge is 0.351 e. The van der Waals surface area contributed by atoms with Crippen LogP contribution in [0.1, 0.15) is 129 Å². The van der Waals surface area contributed by atoms with Crippen LogP contribution < -0.4 is 27.3 Å². The van der Waals surface area contributed by atoms with Gasteiger partial charge in [-0.2, -0.15) is 9.97 Å². The summed E-state index contributed by atoms with van der Waals surface area (Å²) in [5.41, 5.74) is 1.13. The fraction of sp³-hybridized carbons (Fsp3) is 0.778. The number of nitrogen functional groups attached to an aromatic ring is 1. The predicted octanol–water partition coefficient (Wildman–Crippen LogP) is 2.23. The molecule has 8 N–H and O–H groups in total. The lowest BCUT2D eigenvalue weighted by molar-refractivity contribution is -0.259. The zero-order valence-electron chi connectivity index (χ0n) is 31.9. The van der Waals surface area contributed by atoms with Gasteiger partial charge in [-0.3, -0.25) is 13.7 Å². The summed E-state index contributed by atoms with van der Waals surface area (Å²) < 4.78 is 30.2. The summed E-state index contributed by atoms with van der Waals surface area (Å²) >= 11 is 0. The van der Waals surface area contributed by atoms with Crippen molar-refractivity contribution in [1.82, 2.24) is 19.1 Å². The minimum atomic E-state index is -5.72. The van der Waals surface area contributed by atoms with Gasteiger partial charge in [-0.05, 0) is 25.5 Å². The van der Waals surface area contributed by atoms with Gasteiger partial charge in [0.2, 0.25) is 0 Å². The van der Waals surface area contributed by atoms with Crippen LogP contribution >= 0.6 is 7.82 Å². The fourth-order valence-electron chi connectivity index (χ4n) is 7.45. The van der Waals surface area contributed by atoms with Crippen molar-refractivity contribution in [2.75, 3.05) is 17.6 Å². The molecule has 4 rings (SSSR count). The average Bonchev–Trinajstić information content (AvgIpc) is 3.59. The van der Waals surface area contributed by atoms with Crippen molar-refractivity contribution in [2.45, 2.75) is 171 Å². The molecule has 4 heterocycles. The summed E-state index contributed by atoms with van der Waals surface area (Å²) in [6, 6.07) is 2.69. The maximum Gasteiger partial charge on any atom is 0.351 e. The largest absolute Gasteiger partial charge is 0.756 e. The number of anilines is 2. The van der Waals surface area contributed by atoms with Gasteiger partial charge in [0, 0.05) is 18.9 Å². The van der Waals surface area contributed by atoms with Crippen molar-refractivity contribution in [3.63, 3.8) is 0 Å². The average molecular weight is 800 g/mol. The third-order valence-electron chi connectivity index (χ3n) is 10.5. The molecule has 0 saturated carbocycles. The molecule has 0 aromatic carbocycles. The second-order valence-corrected chi connectivity index (χ2v) is 16.0. The molecule has 18 nitrogen and oxygen atoms in total. The highest BCUT2D eigenvalue weighted by atomic mass is 31.2. The first-order valence-electron chi connectivity index (χ1n) is 19.6. The number of ether oxygens (including phenoxy) is 2. The quantitative estimate of drug-likeness (QED) is 0.0592. The molecule has 0 spiro atoms. The van der Waals surface area contributed by atoms with Gasteiger partial charge in [-0.15, -0.1) is 0 Å². The van der Waals surface area contributed by atoms with Crippen LogP contribution in [0.2, 0.25) is 0 Å². The van der Waals surface area contributed by atoms with Crippen molar-refractivity contribution >= 4 is 19.5 Å². The van der Waals surface area contributed by atoms with Gasteiger partial charge in [0.05, 0.1) is 0 Å². The van der Waals surface area contributed by atoms with Crippen LogP contribution in [0, 0.1) is 0 Å². The molecular weight excluding hydrogens is 739 g/mol. The number of hydrogen-bond donors (Lipinski definition) is 7. The topological polar surface area (TPSA) is 277 Å². The Morgan fingerprint density at radius 3 is 1.60 bits per heavy atom. The highest BCUT2D eigenvalue weighted by molar-refractivity contribution is 7.44. The van der Waals surface area contributed by atoms with Crippen LogP contribution in [-0.2, 0) is 18.6 Å². The Labute approximate surface area is 321 Å². The van der Waals surface area contributed by atoms with E-state index in [1.54, 1.807) is 0 Å². The Kier molecular flexibility index (Phi) is 17.3. The molecule has 0 aliphatic carbocycles. The Morgan fingerprint density at radius 1 is 0.764 bits per heavy atom. The summed E-state index contributed by atoms with van der Waals surface area (Å²) in [4.78, 5) is 54.9. The van der Waals surface area contributed by atoms with Gasteiger partial charge in [-0.1, -0.05) is 103 Å². The van der Waals surface area contributed by atoms with E-state index in [-0.39, 0.29) is 11.6 Å². The SMILES string of the molecule is CCCCCCCCCCCCCCCCCCNc1ccn(C2OC(C(C)(OP(=O)([O-])O)C3OC(n4ccc(N)nc4=O)C(O)C3O)C(O)C2O)c(=O)n1. The van der Waals surface area contributed by atoms with E-state index < -0.39 is 73.9 Å². The van der Waals surface area contributed by atoms with E-state index in [0.717, 1.165) is 41.5 Å². The van der Waals surface area contributed by atoms with Crippen molar-refractivity contribution in [3.05, 3.63) is 45.5 Å². The molecule has 0 amide bonds. The molecule has 2 aliphatic heterocycles. The zero-order chi connectivity index (χ0) is 40.2. The standard InChI is InChI=1S/C36H61N6O12P/c1-3-4-5-6-7-8-9-10-11-12-13-14-15-16-17-18-21-38-25-20-23-42(35(48)40-25)33-29(46)27(44)31(53-33)36(2,54-55(49,50)51)30-26(43)28(45)32(52-30)41-22-19-24(37)39-34(41)47/h19-20,22-23,26-33,43-46H,3-18,21H2,1-2H3,(H2,37,39,47)(H,38,40,48)(H2,49,50,51)/p-1. The van der Waals surface area contributed by atoms with Crippen LogP contribution in [0.4, 0.5) is 11.6 Å². The van der Waals surface area contributed by atoms with Crippen LogP contribution in [0.5, 0.6) is 0 Å². The fourth-order valence-corrected chi connectivity index (χ4v) is 8.16. The lowest BCUT2D eigenvalue weighted by Gasteiger charge is -2.43. The second-order valence-electron chi connectivity index (χ2n) is 14.9. The van der Waals surface area contributed by atoms with Crippen LogP contribution in [0.15, 0.2) is 34.1 Å². The molecular formula is C36H60N6O12P-. The number of rotatable bonds is 24. The molecule has 55 heavy (non-hydrogen) atoms. The number of unbranched alkanes of at least 4 members (excludes halogenated alkanes) is 15. The van der Waals surface area contributed by atoms with Crippen LogP contribution in [0.3, 0.4) is 0 Å². The number of phosphoric acid groups is 1. The summed E-state index contributed by atoms with van der Waals surface area (Å²) in [6.07, 6.45) is 7.68. The van der Waals surface area contributed by atoms with Crippen molar-refractivity contribution in [3.8, 4) is 0 Å². The number of aliphatic hydroxyl groups excluding tert-OH is 4. The molecule has 0 radical (unpaired) electrons. The third-order valence-corrected chi connectivity index (χ3v) is 11.1. The maximum atomic E-state index is 13.1. The highest BCUT2D eigenvalue weighted by Crippen LogP contribution is 2.49. The summed E-state index contributed by atoms with van der Waals surface area (Å²) in [6.45, 7) is 3.81. The van der Waals surface area contributed by atoms with E-state index in [9.17, 15) is 44.4 Å². The molecule has 10 unspecified atom stereocenters. The van der Waals surface area contributed by atoms with E-state index in [4.69, 9.17) is 19.7 Å². The van der Waals surface area contributed by atoms with E-state index in [1.807, 2.05) is 0 Å². The van der Waals surface area contributed by atoms with Gasteiger partial charge in [-0.25, -0.2) is 9.59 Å². The number of nitrogens with two attached hydrogens (primary N) is 1. The molecule has 2 saturated heterocycles. The molecule has 10 atom stereocenters. The van der Waals surface area contributed by atoms with Gasteiger partial charge in [0.1, 0.15) is 53.9 Å². The minimum Gasteiger partial charge on any atom is -0.756 e. The molecule has 2 aromatic rings. The van der Waals surface area contributed by atoms with Crippen molar-refractivity contribution < 1.29 is 48.8 Å². The van der Waals surface area contributed by atoms with Crippen LogP contribution in [0.25, 0.3) is 0 Å². The van der Waals surface area contributed by atoms with E-state index in [1.165, 1.54) is 102 Å². The normalized spacial score (nSPS) is 27.6. The highest BCUT2D eigenvalue weighted by Gasteiger charge is 2.63. The number of aliphatic hydroxyl groups is 4. The molecule has 0 bridgehead atoms. The minimum absolute atomic E-state index is 0.141. The summed E-state index contributed by atoms with van der Waals surface area (Å²) in [5, 5.41) is 47.0. The van der Waals surface area contributed by atoms with Gasteiger partial charge < -0.3 is 55.3 Å². The lowest BCUT2D eigenvalue weighted by atomic mass is 9.85. The number of nitrogens with zero attached hydrogens (tertiary/aromatic N) is 4. The number of nitrogens with one attached hydrogen (secondary N) is 1. The molecule has 19 heteroatoms. The van der Waals surface area contributed by atoms with Crippen LogP contribution in [-0.4, -0.2) is 93.2 Å². The monoisotopic (exact) mass is 799 g/mol. The zero-order valence-corrected chi connectivity index (χ0v) is 32.8. The van der Waals surface area contributed by atoms with E-state index >= 15 is 0 Å². The van der Waals surface area contributed by atoms with Gasteiger partial charge in [0.15, 0.2) is 12.5 Å². The van der Waals surface area contributed by atoms with Gasteiger partial charge >= 0.3 is 11.4 Å². The molecule has 2 aliphatic rings. The summed E-state index contributed by atoms with van der Waals surface area (Å²) in [7, 11) is -5.72. The first kappa shape index (κ1) is 44.9. The third kappa shape index (κ3) is 12.4. The van der Waals surface area contributed by atoms with Gasteiger partial charge in [0.25, 0.3) is 7.82 Å². The second kappa shape index (κ2) is 21.1. The van der Waals surface area contributed by atoms with Crippen molar-refractivity contribution in [2.24, 2.45) is 0 Å². The lowest BCUT2D eigenvalue weighted by Crippen LogP contribution is -2.59. The van der Waals surface area contributed by atoms with E-state index in [0.29, 0.717) is 6.54 Å². The van der Waals surface area contributed by atoms with Crippen molar-refractivity contribution in [1.29, 1.82) is 0 Å². The molecule has 2 fully saturated rings. The molecule has 2 aromatic heterocycles. The number of hydrogen-bond acceptors (Lipinski definition) is 15. The Hall–Kier alpha value is -2.77. The maximum absolute atomic E-state index is 13.1.